The van der Waals surface area contributed by atoms with E-state index >= 15 is 0 Å². The second-order valence-corrected chi connectivity index (χ2v) is 7.13. The summed E-state index contributed by atoms with van der Waals surface area (Å²) in [6.45, 7) is 0. The first kappa shape index (κ1) is 20.3. The van der Waals surface area contributed by atoms with E-state index in [1.807, 2.05) is 17.5 Å². The molecule has 0 saturated carbocycles. The Morgan fingerprint density at radius 2 is 1.66 bits per heavy atom. The Hall–Kier alpha value is -3.45. The highest BCUT2D eigenvalue weighted by Gasteiger charge is 2.12. The minimum Gasteiger partial charge on any atom is -0.495 e. The third kappa shape index (κ3) is 5.52. The molecule has 0 bridgehead atoms. The van der Waals surface area contributed by atoms with Crippen molar-refractivity contribution in [2.24, 2.45) is 0 Å². The van der Waals surface area contributed by atoms with Crippen LogP contribution < -0.4 is 15.4 Å². The molecule has 0 saturated heterocycles. The van der Waals surface area contributed by atoms with Crippen LogP contribution in [0.5, 0.6) is 5.75 Å². The maximum absolute atomic E-state index is 12.4. The predicted octanol–water partition coefficient (Wildman–Crippen LogP) is 4.61. The van der Waals surface area contributed by atoms with Gasteiger partial charge in [-0.1, -0.05) is 18.2 Å². The Labute approximate surface area is 172 Å². The lowest BCUT2D eigenvalue weighted by Crippen LogP contribution is -2.14. The molecule has 3 rings (SSSR count). The van der Waals surface area contributed by atoms with Crippen molar-refractivity contribution in [3.63, 3.8) is 0 Å². The van der Waals surface area contributed by atoms with Crippen LogP contribution in [0, 0.1) is 0 Å². The number of amides is 2. The maximum atomic E-state index is 12.4. The van der Waals surface area contributed by atoms with Crippen LogP contribution in [0.25, 0.3) is 0 Å². The van der Waals surface area contributed by atoms with Crippen molar-refractivity contribution in [2.45, 2.75) is 12.8 Å². The van der Waals surface area contributed by atoms with E-state index in [9.17, 15) is 14.4 Å². The number of benzene rings is 2. The molecule has 0 unspecified atom stereocenters. The average Bonchev–Trinajstić information content (AvgIpc) is 3.28. The Bertz CT molecular complexity index is 998. The molecule has 29 heavy (non-hydrogen) atoms. The topological polar surface area (TPSA) is 84.5 Å². The largest absolute Gasteiger partial charge is 0.495 e. The minimum atomic E-state index is -0.283. The molecule has 1 heterocycles. The number of rotatable bonds is 8. The molecule has 2 aromatic carbocycles. The molecule has 2 amide bonds. The molecule has 7 heteroatoms. The molecule has 3 aromatic rings. The number of nitrogens with one attached hydrogen (secondary N) is 2. The van der Waals surface area contributed by atoms with Crippen molar-refractivity contribution in [1.82, 2.24) is 0 Å². The summed E-state index contributed by atoms with van der Waals surface area (Å²) < 4.78 is 5.22. The molecule has 0 radical (unpaired) electrons. The van der Waals surface area contributed by atoms with Crippen LogP contribution in [-0.2, 0) is 4.79 Å². The van der Waals surface area contributed by atoms with Gasteiger partial charge in [-0.3, -0.25) is 14.4 Å². The van der Waals surface area contributed by atoms with Crippen LogP contribution in [-0.4, -0.2) is 24.7 Å². The van der Waals surface area contributed by atoms with Gasteiger partial charge in [0.1, 0.15) is 5.75 Å². The SMILES string of the molecule is COc1ccccc1NC(=O)c1ccc(NC(=O)CCC(=O)c2cccs2)cc1. The van der Waals surface area contributed by atoms with Crippen molar-refractivity contribution in [1.29, 1.82) is 0 Å². The average molecular weight is 408 g/mol. The Balaban J connectivity index is 1.53. The van der Waals surface area contributed by atoms with Gasteiger partial charge in [-0.2, -0.15) is 0 Å². The summed E-state index contributed by atoms with van der Waals surface area (Å²) in [6, 6.07) is 17.2. The standard InChI is InChI=1S/C22H20N2O4S/c1-28-19-6-3-2-5-17(19)24-22(27)15-8-10-16(11-9-15)23-21(26)13-12-18(25)20-7-4-14-29-20/h2-11,14H,12-13H2,1H3,(H,23,26)(H,24,27). The van der Waals surface area contributed by atoms with Crippen LogP contribution in [0.3, 0.4) is 0 Å². The quantitative estimate of drug-likeness (QED) is 0.533. The fourth-order valence-corrected chi connectivity index (χ4v) is 3.35. The van der Waals surface area contributed by atoms with Gasteiger partial charge < -0.3 is 15.4 Å². The van der Waals surface area contributed by atoms with Crippen LogP contribution in [0.4, 0.5) is 11.4 Å². The summed E-state index contributed by atoms with van der Waals surface area (Å²) in [5.74, 6) is -0.00427. The normalized spacial score (nSPS) is 10.2. The second kappa shape index (κ2) is 9.66. The zero-order chi connectivity index (χ0) is 20.6. The van der Waals surface area contributed by atoms with Gasteiger partial charge in [0, 0.05) is 24.1 Å². The minimum absolute atomic E-state index is 0.0430. The molecule has 0 aliphatic rings. The lowest BCUT2D eigenvalue weighted by molar-refractivity contribution is -0.116. The number of Topliss-reactive ketones (excluding diaryl/α,β-unsaturated/α-hetero) is 1. The Morgan fingerprint density at radius 3 is 2.34 bits per heavy atom. The number of thiophene rings is 1. The van der Waals surface area contributed by atoms with Gasteiger partial charge in [0.15, 0.2) is 5.78 Å². The van der Waals surface area contributed by atoms with Crippen molar-refractivity contribution in [3.05, 3.63) is 76.5 Å². The number of anilines is 2. The molecule has 0 aliphatic heterocycles. The van der Waals surface area contributed by atoms with Gasteiger partial charge in [0.25, 0.3) is 5.91 Å². The summed E-state index contributed by atoms with van der Waals surface area (Å²) in [5, 5.41) is 7.37. The predicted molar refractivity (Wildman–Crippen MR) is 114 cm³/mol. The van der Waals surface area contributed by atoms with Gasteiger partial charge in [0.05, 0.1) is 17.7 Å². The lowest BCUT2D eigenvalue weighted by Gasteiger charge is -2.10. The van der Waals surface area contributed by atoms with Gasteiger partial charge in [-0.25, -0.2) is 0 Å². The third-order valence-corrected chi connectivity index (χ3v) is 5.07. The number of ketones is 1. The Morgan fingerprint density at radius 1 is 0.897 bits per heavy atom. The van der Waals surface area contributed by atoms with Crippen molar-refractivity contribution in [2.75, 3.05) is 17.7 Å². The zero-order valence-electron chi connectivity index (χ0n) is 15.8. The van der Waals surface area contributed by atoms with E-state index in [1.165, 1.54) is 18.4 Å². The first-order valence-corrected chi connectivity index (χ1v) is 9.86. The summed E-state index contributed by atoms with van der Waals surface area (Å²) >= 11 is 1.37. The fourth-order valence-electron chi connectivity index (χ4n) is 2.66. The first-order chi connectivity index (χ1) is 14.1. The van der Waals surface area contributed by atoms with Crippen molar-refractivity contribution in [3.8, 4) is 5.75 Å². The number of methoxy groups -OCH3 is 1. The summed E-state index contributed by atoms with van der Waals surface area (Å²) in [7, 11) is 1.54. The maximum Gasteiger partial charge on any atom is 0.255 e. The van der Waals surface area contributed by atoms with E-state index in [2.05, 4.69) is 10.6 Å². The first-order valence-electron chi connectivity index (χ1n) is 8.98. The van der Waals surface area contributed by atoms with Crippen LogP contribution in [0.15, 0.2) is 66.0 Å². The van der Waals surface area contributed by atoms with Gasteiger partial charge in [0.2, 0.25) is 5.91 Å². The van der Waals surface area contributed by atoms with Crippen molar-refractivity contribution >= 4 is 40.3 Å². The molecular formula is C22H20N2O4S. The highest BCUT2D eigenvalue weighted by Crippen LogP contribution is 2.24. The molecule has 148 valence electrons. The van der Waals surface area contributed by atoms with Crippen LogP contribution in [0.2, 0.25) is 0 Å². The number of carbonyl (C=O) groups excluding carboxylic acids is 3. The van der Waals surface area contributed by atoms with E-state index in [0.717, 1.165) is 0 Å². The summed E-state index contributed by atoms with van der Waals surface area (Å²) in [6.07, 6.45) is 0.262. The molecule has 0 spiro atoms. The molecule has 0 atom stereocenters. The molecule has 6 nitrogen and oxygen atoms in total. The van der Waals surface area contributed by atoms with Gasteiger partial charge >= 0.3 is 0 Å². The van der Waals surface area contributed by atoms with E-state index < -0.39 is 0 Å². The molecule has 2 N–H and O–H groups in total. The number of ether oxygens (including phenoxy) is 1. The number of hydrogen-bond acceptors (Lipinski definition) is 5. The third-order valence-electron chi connectivity index (χ3n) is 4.16. The summed E-state index contributed by atoms with van der Waals surface area (Å²) in [5.41, 5.74) is 1.59. The van der Waals surface area contributed by atoms with Crippen LogP contribution >= 0.6 is 11.3 Å². The highest BCUT2D eigenvalue weighted by atomic mass is 32.1. The van der Waals surface area contributed by atoms with E-state index in [1.54, 1.807) is 48.5 Å². The number of para-hydroxylation sites is 2. The van der Waals surface area contributed by atoms with E-state index in [-0.39, 0.29) is 30.4 Å². The fraction of sp³-hybridized carbons (Fsp3) is 0.136. The smallest absolute Gasteiger partial charge is 0.255 e. The van der Waals surface area contributed by atoms with E-state index in [4.69, 9.17) is 4.74 Å². The second-order valence-electron chi connectivity index (χ2n) is 6.18. The number of carbonyl (C=O) groups is 3. The Kier molecular flexibility index (Phi) is 6.76. The van der Waals surface area contributed by atoms with Crippen LogP contribution in [0.1, 0.15) is 32.9 Å². The number of hydrogen-bond donors (Lipinski definition) is 2. The van der Waals surface area contributed by atoms with E-state index in [0.29, 0.717) is 27.6 Å². The van der Waals surface area contributed by atoms with Gasteiger partial charge in [-0.15, -0.1) is 11.3 Å². The molecule has 0 fully saturated rings. The van der Waals surface area contributed by atoms with Gasteiger partial charge in [-0.05, 0) is 47.8 Å². The highest BCUT2D eigenvalue weighted by molar-refractivity contribution is 7.12. The zero-order valence-corrected chi connectivity index (χ0v) is 16.6. The molecular weight excluding hydrogens is 388 g/mol. The molecule has 1 aromatic heterocycles. The molecule has 0 aliphatic carbocycles. The van der Waals surface area contributed by atoms with Crippen molar-refractivity contribution < 1.29 is 19.1 Å². The summed E-state index contributed by atoms with van der Waals surface area (Å²) in [4.78, 5) is 37.1. The lowest BCUT2D eigenvalue weighted by atomic mass is 10.1. The monoisotopic (exact) mass is 408 g/mol.